The predicted octanol–water partition coefficient (Wildman–Crippen LogP) is 3.69. The summed E-state index contributed by atoms with van der Waals surface area (Å²) in [6.07, 6.45) is 8.62. The molecule has 1 saturated carbocycles. The summed E-state index contributed by atoms with van der Waals surface area (Å²) in [4.78, 5) is 2.89. The van der Waals surface area contributed by atoms with Gasteiger partial charge in [0.1, 0.15) is 0 Å². The lowest BCUT2D eigenvalue weighted by molar-refractivity contribution is -0.0440. The van der Waals surface area contributed by atoms with Crippen molar-refractivity contribution in [1.29, 1.82) is 0 Å². The zero-order chi connectivity index (χ0) is 13.3. The number of benzene rings is 1. The van der Waals surface area contributed by atoms with E-state index in [4.69, 9.17) is 5.73 Å². The van der Waals surface area contributed by atoms with Crippen molar-refractivity contribution < 1.29 is 0 Å². The highest BCUT2D eigenvalue weighted by molar-refractivity contribution is 5.51. The summed E-state index contributed by atoms with van der Waals surface area (Å²) in [7, 11) is 0. The standard InChI is InChI=1S/C18H24N2/c19-11-7-8-14-15(10-11)17-12-4-3-5-13(12)18(14)20-9-2-1-6-16(17)20/h7-8,10,12-13,16-18H,1-6,9,19H2/t12-,13+,16-,17-,18+/m0/s1. The van der Waals surface area contributed by atoms with Gasteiger partial charge in [-0.15, -0.1) is 0 Å². The molecule has 2 N–H and O–H groups in total. The second-order valence-electron chi connectivity index (χ2n) is 7.42. The minimum atomic E-state index is 0.716. The van der Waals surface area contributed by atoms with E-state index in [0.29, 0.717) is 6.04 Å². The number of nitrogens with two attached hydrogens (primary N) is 1. The van der Waals surface area contributed by atoms with Crippen molar-refractivity contribution in [3.63, 3.8) is 0 Å². The number of rotatable bonds is 0. The average Bonchev–Trinajstić information content (AvgIpc) is 2.96. The molecule has 5 aliphatic rings. The molecule has 20 heavy (non-hydrogen) atoms. The number of nitrogens with zero attached hydrogens (tertiary/aromatic N) is 1. The van der Waals surface area contributed by atoms with Gasteiger partial charge in [0.2, 0.25) is 0 Å². The van der Waals surface area contributed by atoms with E-state index in [2.05, 4.69) is 23.1 Å². The van der Waals surface area contributed by atoms with Crippen LogP contribution in [0.25, 0.3) is 0 Å². The second-order valence-corrected chi connectivity index (χ2v) is 7.42. The highest BCUT2D eigenvalue weighted by atomic mass is 15.2. The van der Waals surface area contributed by atoms with Crippen LogP contribution in [0.15, 0.2) is 18.2 Å². The molecule has 3 fully saturated rings. The van der Waals surface area contributed by atoms with E-state index in [1.54, 1.807) is 11.1 Å². The molecule has 2 heteroatoms. The summed E-state index contributed by atoms with van der Waals surface area (Å²) < 4.78 is 0. The molecule has 2 nitrogen and oxygen atoms in total. The molecule has 2 aliphatic carbocycles. The molecule has 2 bridgehead atoms. The van der Waals surface area contributed by atoms with Crippen LogP contribution in [0.3, 0.4) is 0 Å². The van der Waals surface area contributed by atoms with Gasteiger partial charge in [-0.3, -0.25) is 4.90 Å². The Morgan fingerprint density at radius 3 is 2.80 bits per heavy atom. The molecular weight excluding hydrogens is 244 g/mol. The molecule has 5 atom stereocenters. The molecule has 1 aromatic carbocycles. The van der Waals surface area contributed by atoms with Gasteiger partial charge < -0.3 is 5.73 Å². The molecule has 0 unspecified atom stereocenters. The van der Waals surface area contributed by atoms with Gasteiger partial charge in [-0.05, 0) is 67.3 Å². The van der Waals surface area contributed by atoms with Crippen LogP contribution < -0.4 is 5.73 Å². The minimum Gasteiger partial charge on any atom is -0.399 e. The van der Waals surface area contributed by atoms with Crippen molar-refractivity contribution in [2.45, 2.75) is 56.5 Å². The number of anilines is 1. The van der Waals surface area contributed by atoms with Crippen LogP contribution in [-0.4, -0.2) is 17.5 Å². The fourth-order valence-electron chi connectivity index (χ4n) is 6.10. The molecule has 0 radical (unpaired) electrons. The first-order valence-corrected chi connectivity index (χ1v) is 8.49. The maximum Gasteiger partial charge on any atom is 0.0385 e. The normalized spacial score (nSPS) is 42.1. The highest BCUT2D eigenvalue weighted by Crippen LogP contribution is 2.62. The van der Waals surface area contributed by atoms with Gasteiger partial charge in [-0.2, -0.15) is 0 Å². The number of nitrogen functional groups attached to an aromatic ring is 1. The topological polar surface area (TPSA) is 29.3 Å². The summed E-state index contributed by atoms with van der Waals surface area (Å²) in [5, 5.41) is 0. The van der Waals surface area contributed by atoms with Crippen molar-refractivity contribution >= 4 is 5.69 Å². The molecule has 0 spiro atoms. The quantitative estimate of drug-likeness (QED) is 0.727. The highest BCUT2D eigenvalue weighted by Gasteiger charge is 2.56. The molecule has 6 rings (SSSR count). The Bertz CT molecular complexity index is 552. The van der Waals surface area contributed by atoms with E-state index in [1.165, 1.54) is 45.1 Å². The third-order valence-corrected chi connectivity index (χ3v) is 6.64. The largest absolute Gasteiger partial charge is 0.399 e. The van der Waals surface area contributed by atoms with Crippen molar-refractivity contribution in [2.24, 2.45) is 11.8 Å². The minimum absolute atomic E-state index is 0.716. The van der Waals surface area contributed by atoms with Crippen LogP contribution in [0.1, 0.15) is 61.6 Å². The van der Waals surface area contributed by atoms with Gasteiger partial charge in [0.15, 0.2) is 0 Å². The number of hydrogen-bond acceptors (Lipinski definition) is 2. The summed E-state index contributed by atoms with van der Waals surface area (Å²) in [5.41, 5.74) is 10.3. The molecular formula is C18H24N2. The Kier molecular flexibility index (Phi) is 2.33. The maximum atomic E-state index is 6.11. The lowest BCUT2D eigenvalue weighted by atomic mass is 9.59. The lowest BCUT2D eigenvalue weighted by Gasteiger charge is -2.59. The van der Waals surface area contributed by atoms with Gasteiger partial charge in [-0.25, -0.2) is 0 Å². The molecule has 0 aromatic heterocycles. The fraction of sp³-hybridized carbons (Fsp3) is 0.667. The number of hydrogen-bond donors (Lipinski definition) is 1. The van der Waals surface area contributed by atoms with Gasteiger partial charge in [0, 0.05) is 23.7 Å². The van der Waals surface area contributed by atoms with Gasteiger partial charge in [0.05, 0.1) is 0 Å². The predicted molar refractivity (Wildman–Crippen MR) is 81.5 cm³/mol. The summed E-state index contributed by atoms with van der Waals surface area (Å²) in [6.45, 7) is 1.33. The molecule has 106 valence electrons. The van der Waals surface area contributed by atoms with E-state index in [1.807, 2.05) is 0 Å². The molecule has 3 heterocycles. The van der Waals surface area contributed by atoms with Crippen molar-refractivity contribution in [3.8, 4) is 0 Å². The van der Waals surface area contributed by atoms with Crippen LogP contribution in [0.5, 0.6) is 0 Å². The van der Waals surface area contributed by atoms with Crippen LogP contribution in [0.4, 0.5) is 5.69 Å². The van der Waals surface area contributed by atoms with E-state index in [0.717, 1.165) is 29.5 Å². The van der Waals surface area contributed by atoms with Crippen LogP contribution in [0, 0.1) is 11.8 Å². The van der Waals surface area contributed by atoms with Crippen LogP contribution in [0.2, 0.25) is 0 Å². The fourth-order valence-corrected chi connectivity index (χ4v) is 6.10. The molecule has 1 aromatic rings. The third kappa shape index (κ3) is 1.34. The Morgan fingerprint density at radius 2 is 1.85 bits per heavy atom. The van der Waals surface area contributed by atoms with E-state index < -0.39 is 0 Å². The van der Waals surface area contributed by atoms with Crippen molar-refractivity contribution in [2.75, 3.05) is 12.3 Å². The maximum absolute atomic E-state index is 6.11. The Morgan fingerprint density at radius 1 is 0.950 bits per heavy atom. The Hall–Kier alpha value is -1.02. The lowest BCUT2D eigenvalue weighted by Crippen LogP contribution is -2.58. The van der Waals surface area contributed by atoms with E-state index in [9.17, 15) is 0 Å². The summed E-state index contributed by atoms with van der Waals surface area (Å²) >= 11 is 0. The second kappa shape index (κ2) is 4.00. The summed E-state index contributed by atoms with van der Waals surface area (Å²) in [5.74, 6) is 2.67. The first-order valence-electron chi connectivity index (χ1n) is 8.49. The van der Waals surface area contributed by atoms with E-state index >= 15 is 0 Å². The smallest absolute Gasteiger partial charge is 0.0385 e. The van der Waals surface area contributed by atoms with Crippen LogP contribution in [-0.2, 0) is 0 Å². The SMILES string of the molecule is Nc1ccc2c(c1)[C@@H]1[C@H]3CCC[C@H]3[C@H]2N2CCCC[C@@H]12. The van der Waals surface area contributed by atoms with Crippen molar-refractivity contribution in [1.82, 2.24) is 4.90 Å². The van der Waals surface area contributed by atoms with Gasteiger partial charge in [0.25, 0.3) is 0 Å². The zero-order valence-corrected chi connectivity index (χ0v) is 12.1. The van der Waals surface area contributed by atoms with Crippen molar-refractivity contribution in [3.05, 3.63) is 29.3 Å². The van der Waals surface area contributed by atoms with Crippen LogP contribution >= 0.6 is 0 Å². The first-order chi connectivity index (χ1) is 9.84. The molecule has 0 amide bonds. The Balaban J connectivity index is 1.71. The summed E-state index contributed by atoms with van der Waals surface area (Å²) in [6, 6.07) is 8.33. The number of piperidine rings is 2. The third-order valence-electron chi connectivity index (χ3n) is 6.64. The Labute approximate surface area is 121 Å². The van der Waals surface area contributed by atoms with Gasteiger partial charge in [-0.1, -0.05) is 18.9 Å². The average molecular weight is 268 g/mol. The molecule has 3 aliphatic heterocycles. The van der Waals surface area contributed by atoms with E-state index in [-0.39, 0.29) is 0 Å². The first kappa shape index (κ1) is 11.6. The monoisotopic (exact) mass is 268 g/mol. The molecule has 2 saturated heterocycles. The van der Waals surface area contributed by atoms with Gasteiger partial charge >= 0.3 is 0 Å². The zero-order valence-electron chi connectivity index (χ0n) is 12.1.